The zero-order valence-corrected chi connectivity index (χ0v) is 41.8. The van der Waals surface area contributed by atoms with Crippen molar-refractivity contribution < 1.29 is 32.9 Å². The molecule has 0 fully saturated rings. The van der Waals surface area contributed by atoms with E-state index in [4.69, 9.17) is 9.05 Å². The molecule has 0 aliphatic carbocycles. The average Bonchev–Trinajstić information content (AvgIpc) is 3.21. The summed E-state index contributed by atoms with van der Waals surface area (Å²) in [4.78, 5) is 25.4. The molecule has 0 saturated carbocycles. The number of hydrogen-bond donors (Lipinski definition) is 2. The highest BCUT2D eigenvalue weighted by Gasteiger charge is 2.23. The van der Waals surface area contributed by atoms with Crippen molar-refractivity contribution in [1.29, 1.82) is 0 Å². The molecule has 0 aromatic heterocycles. The monoisotopic (exact) mass is 881 g/mol. The first kappa shape index (κ1) is 59.7. The molecule has 0 bridgehead atoms. The van der Waals surface area contributed by atoms with Crippen LogP contribution in [0, 0.1) is 0 Å². The summed E-state index contributed by atoms with van der Waals surface area (Å²) in [6, 6.07) is -0.892. The van der Waals surface area contributed by atoms with E-state index in [9.17, 15) is 19.4 Å². The first-order chi connectivity index (χ1) is 29.5. The maximum Gasteiger partial charge on any atom is 0.268 e. The van der Waals surface area contributed by atoms with Crippen LogP contribution in [-0.4, -0.2) is 68.5 Å². The highest BCUT2D eigenvalue weighted by atomic mass is 31.2. The predicted molar refractivity (Wildman–Crippen MR) is 261 cm³/mol. The van der Waals surface area contributed by atoms with Crippen molar-refractivity contribution in [3.8, 4) is 0 Å². The van der Waals surface area contributed by atoms with E-state index in [0.29, 0.717) is 17.4 Å². The van der Waals surface area contributed by atoms with Crippen LogP contribution in [0.15, 0.2) is 36.5 Å². The minimum absolute atomic E-state index is 0.00344. The molecule has 360 valence electrons. The molecule has 0 aliphatic rings. The number of allylic oxidation sites excluding steroid dienone is 5. The fourth-order valence-electron chi connectivity index (χ4n) is 7.50. The van der Waals surface area contributed by atoms with E-state index in [1.54, 1.807) is 6.08 Å². The first-order valence-corrected chi connectivity index (χ1v) is 27.3. The number of unbranched alkanes of at least 4 members (excludes halogenated alkanes) is 31. The average molecular weight is 881 g/mol. The summed E-state index contributed by atoms with van der Waals surface area (Å²) in [5.74, 6) is -0.208. The van der Waals surface area contributed by atoms with Gasteiger partial charge in [-0.1, -0.05) is 224 Å². The van der Waals surface area contributed by atoms with Crippen molar-refractivity contribution in [3.63, 3.8) is 0 Å². The van der Waals surface area contributed by atoms with E-state index in [1.165, 1.54) is 161 Å². The standard InChI is InChI=1S/C52H101N2O6P/c1-6-8-10-12-14-16-18-20-22-23-24-25-26-27-28-29-30-32-33-35-37-39-41-43-45-51(55)50(49-60-61(57,58)59-48-47-54(3,4)5)53-52(56)46-44-42-40-38-36-34-31-21-19-17-15-13-11-9-7-2/h15,17,19,21,43,45,50-51,55H,6-14,16,18,20,22-42,44,46-49H2,1-5H3,(H-,53,56,57,58)/b17-15-,21-19-,45-43+. The van der Waals surface area contributed by atoms with E-state index in [1.807, 2.05) is 27.2 Å². The summed E-state index contributed by atoms with van der Waals surface area (Å²) in [5.41, 5.74) is 0. The van der Waals surface area contributed by atoms with Crippen LogP contribution in [0.25, 0.3) is 0 Å². The van der Waals surface area contributed by atoms with E-state index < -0.39 is 20.0 Å². The normalized spacial score (nSPS) is 14.4. The molecule has 0 rings (SSSR count). The van der Waals surface area contributed by atoms with Gasteiger partial charge >= 0.3 is 0 Å². The molecular weight excluding hydrogens is 780 g/mol. The summed E-state index contributed by atoms with van der Waals surface area (Å²) < 4.78 is 23.3. The highest BCUT2D eigenvalue weighted by Crippen LogP contribution is 2.38. The molecule has 0 aromatic rings. The topological polar surface area (TPSA) is 108 Å². The van der Waals surface area contributed by atoms with Gasteiger partial charge in [0.15, 0.2) is 0 Å². The maximum atomic E-state index is 12.9. The Bertz CT molecular complexity index is 1090. The van der Waals surface area contributed by atoms with Crippen LogP contribution in [0.2, 0.25) is 0 Å². The number of carbonyl (C=O) groups is 1. The molecule has 0 spiro atoms. The third kappa shape index (κ3) is 46.5. The van der Waals surface area contributed by atoms with Crippen molar-refractivity contribution in [2.75, 3.05) is 40.9 Å². The summed E-state index contributed by atoms with van der Waals surface area (Å²) in [5, 5.41) is 13.8. The molecule has 0 heterocycles. The van der Waals surface area contributed by atoms with Crippen LogP contribution >= 0.6 is 7.82 Å². The van der Waals surface area contributed by atoms with Crippen LogP contribution in [-0.2, 0) is 18.4 Å². The SMILES string of the molecule is CCCCC/C=C\C=C/CCCCCCCCC(=O)NC(COP(=O)([O-])OCC[N+](C)(C)C)C(O)/C=C/CCCCCCCCCCCCCCCCCCCCCCCC. The van der Waals surface area contributed by atoms with Crippen LogP contribution in [0.4, 0.5) is 0 Å². The van der Waals surface area contributed by atoms with Gasteiger partial charge in [0.05, 0.1) is 39.9 Å². The number of amides is 1. The summed E-state index contributed by atoms with van der Waals surface area (Å²) in [6.45, 7) is 4.62. The number of phosphoric ester groups is 1. The van der Waals surface area contributed by atoms with Crippen molar-refractivity contribution in [3.05, 3.63) is 36.5 Å². The number of hydrogen-bond acceptors (Lipinski definition) is 6. The highest BCUT2D eigenvalue weighted by molar-refractivity contribution is 7.45. The molecule has 61 heavy (non-hydrogen) atoms. The Balaban J connectivity index is 4.27. The third-order valence-electron chi connectivity index (χ3n) is 11.6. The molecule has 0 aliphatic heterocycles. The molecule has 0 saturated heterocycles. The second kappa shape index (κ2) is 43.9. The molecular formula is C52H101N2O6P. The van der Waals surface area contributed by atoms with Gasteiger partial charge in [0.25, 0.3) is 7.82 Å². The smallest absolute Gasteiger partial charge is 0.268 e. The molecule has 3 atom stereocenters. The lowest BCUT2D eigenvalue weighted by molar-refractivity contribution is -0.870. The van der Waals surface area contributed by atoms with Crippen LogP contribution in [0.3, 0.4) is 0 Å². The molecule has 0 radical (unpaired) electrons. The van der Waals surface area contributed by atoms with Crippen molar-refractivity contribution in [1.82, 2.24) is 5.32 Å². The minimum Gasteiger partial charge on any atom is -0.756 e. The van der Waals surface area contributed by atoms with E-state index in [0.717, 1.165) is 57.8 Å². The Morgan fingerprint density at radius 1 is 0.574 bits per heavy atom. The van der Waals surface area contributed by atoms with Gasteiger partial charge in [0.2, 0.25) is 5.91 Å². The number of likely N-dealkylation sites (N-methyl/N-ethyl adjacent to an activating group) is 1. The number of rotatable bonds is 47. The van der Waals surface area contributed by atoms with Crippen molar-refractivity contribution >= 4 is 13.7 Å². The Kier molecular flexibility index (Phi) is 43.0. The van der Waals surface area contributed by atoms with Gasteiger partial charge in [-0.2, -0.15) is 0 Å². The van der Waals surface area contributed by atoms with E-state index in [2.05, 4.69) is 43.5 Å². The summed E-state index contributed by atoms with van der Waals surface area (Å²) >= 11 is 0. The lowest BCUT2D eigenvalue weighted by atomic mass is 10.0. The number of nitrogens with zero attached hydrogens (tertiary/aromatic N) is 1. The Morgan fingerprint density at radius 3 is 1.36 bits per heavy atom. The van der Waals surface area contributed by atoms with E-state index in [-0.39, 0.29) is 19.1 Å². The van der Waals surface area contributed by atoms with Crippen LogP contribution in [0.5, 0.6) is 0 Å². The van der Waals surface area contributed by atoms with E-state index >= 15 is 0 Å². The third-order valence-corrected chi connectivity index (χ3v) is 12.6. The fourth-order valence-corrected chi connectivity index (χ4v) is 8.22. The quantitative estimate of drug-likeness (QED) is 0.0207. The predicted octanol–water partition coefficient (Wildman–Crippen LogP) is 14.4. The number of nitrogens with one attached hydrogen (secondary N) is 1. The number of aliphatic hydroxyl groups is 1. The molecule has 2 N–H and O–H groups in total. The number of carbonyl (C=O) groups excluding carboxylic acids is 1. The second-order valence-electron chi connectivity index (χ2n) is 18.9. The van der Waals surface area contributed by atoms with Crippen LogP contribution in [0.1, 0.15) is 239 Å². The molecule has 0 aromatic carbocycles. The zero-order chi connectivity index (χ0) is 45.0. The van der Waals surface area contributed by atoms with Gasteiger partial charge in [-0.15, -0.1) is 0 Å². The van der Waals surface area contributed by atoms with Gasteiger partial charge in [-0.25, -0.2) is 0 Å². The maximum absolute atomic E-state index is 12.9. The minimum atomic E-state index is -4.59. The van der Waals surface area contributed by atoms with Gasteiger partial charge < -0.3 is 28.8 Å². The molecule has 8 nitrogen and oxygen atoms in total. The van der Waals surface area contributed by atoms with Gasteiger partial charge in [0, 0.05) is 6.42 Å². The van der Waals surface area contributed by atoms with Crippen LogP contribution < -0.4 is 10.2 Å². The second-order valence-corrected chi connectivity index (χ2v) is 20.3. The summed E-state index contributed by atoms with van der Waals surface area (Å²) in [7, 11) is 1.25. The lowest BCUT2D eigenvalue weighted by Gasteiger charge is -2.29. The zero-order valence-electron chi connectivity index (χ0n) is 40.9. The number of quaternary nitrogens is 1. The van der Waals surface area contributed by atoms with Gasteiger partial charge in [-0.3, -0.25) is 9.36 Å². The van der Waals surface area contributed by atoms with Crippen molar-refractivity contribution in [2.24, 2.45) is 0 Å². The largest absolute Gasteiger partial charge is 0.756 e. The summed E-state index contributed by atoms with van der Waals surface area (Å²) in [6.07, 6.45) is 54.9. The number of phosphoric acid groups is 1. The Morgan fingerprint density at radius 2 is 0.934 bits per heavy atom. The Labute approximate surface area is 378 Å². The van der Waals surface area contributed by atoms with Crippen molar-refractivity contribution in [2.45, 2.75) is 251 Å². The van der Waals surface area contributed by atoms with Gasteiger partial charge in [0.1, 0.15) is 13.2 Å². The molecule has 3 unspecified atom stereocenters. The molecule has 9 heteroatoms. The molecule has 1 amide bonds. The first-order valence-electron chi connectivity index (χ1n) is 25.9. The number of aliphatic hydroxyl groups excluding tert-OH is 1. The lowest BCUT2D eigenvalue weighted by Crippen LogP contribution is -2.45. The fraction of sp³-hybridized carbons (Fsp3) is 0.865. The van der Waals surface area contributed by atoms with Gasteiger partial charge in [-0.05, 0) is 44.9 Å². The Hall–Kier alpha value is -1.28.